The number of carbonyl (C=O) groups is 1. The summed E-state index contributed by atoms with van der Waals surface area (Å²) in [4.78, 5) is 18.9. The summed E-state index contributed by atoms with van der Waals surface area (Å²) in [6.45, 7) is 3.03. The lowest BCUT2D eigenvalue weighted by molar-refractivity contribution is -0.131. The first-order valence-electron chi connectivity index (χ1n) is 9.19. The molecule has 1 spiro atoms. The van der Waals surface area contributed by atoms with Crippen molar-refractivity contribution in [3.05, 3.63) is 54.1 Å². The predicted octanol–water partition coefficient (Wildman–Crippen LogP) is 2.99. The number of nitrogens with zero attached hydrogens (tertiary/aromatic N) is 3. The van der Waals surface area contributed by atoms with Crippen molar-refractivity contribution in [1.82, 2.24) is 14.5 Å². The van der Waals surface area contributed by atoms with Crippen LogP contribution in [0, 0.1) is 0 Å². The van der Waals surface area contributed by atoms with E-state index in [1.165, 1.54) is 5.56 Å². The average molecular weight is 339 g/mol. The Balaban J connectivity index is 1.45. The van der Waals surface area contributed by atoms with E-state index in [4.69, 9.17) is 4.74 Å². The highest BCUT2D eigenvalue weighted by Gasteiger charge is 2.38. The largest absolute Gasteiger partial charge is 0.375 e. The Morgan fingerprint density at radius 3 is 2.80 bits per heavy atom. The summed E-state index contributed by atoms with van der Waals surface area (Å²) in [6.07, 6.45) is 8.36. The second-order valence-electron chi connectivity index (χ2n) is 7.20. The number of hydrogen-bond donors (Lipinski definition) is 0. The summed E-state index contributed by atoms with van der Waals surface area (Å²) in [7, 11) is 0. The first-order valence-corrected chi connectivity index (χ1v) is 9.19. The van der Waals surface area contributed by atoms with Gasteiger partial charge in [0.1, 0.15) is 0 Å². The van der Waals surface area contributed by atoms with E-state index in [0.29, 0.717) is 13.0 Å². The molecule has 1 amide bonds. The molecule has 2 aliphatic rings. The summed E-state index contributed by atoms with van der Waals surface area (Å²) in [6, 6.07) is 10.3. The maximum atomic E-state index is 12.6. The Morgan fingerprint density at radius 2 is 2.00 bits per heavy atom. The second kappa shape index (κ2) is 7.00. The van der Waals surface area contributed by atoms with Crippen molar-refractivity contribution < 1.29 is 9.53 Å². The fourth-order valence-electron chi connectivity index (χ4n) is 4.00. The zero-order chi connectivity index (χ0) is 17.1. The van der Waals surface area contributed by atoms with Crippen molar-refractivity contribution in [2.45, 2.75) is 50.8 Å². The van der Waals surface area contributed by atoms with Crippen LogP contribution in [0.25, 0.3) is 0 Å². The van der Waals surface area contributed by atoms with Crippen molar-refractivity contribution in [1.29, 1.82) is 0 Å². The molecule has 0 N–H and O–H groups in total. The Morgan fingerprint density at radius 1 is 1.12 bits per heavy atom. The minimum absolute atomic E-state index is 0.0469. The summed E-state index contributed by atoms with van der Waals surface area (Å²) < 4.78 is 8.13. The minimum Gasteiger partial charge on any atom is -0.375 e. The van der Waals surface area contributed by atoms with Crippen molar-refractivity contribution in [3.8, 4) is 0 Å². The van der Waals surface area contributed by atoms with Gasteiger partial charge in [-0.3, -0.25) is 4.79 Å². The number of hydrogen-bond acceptors (Lipinski definition) is 3. The Hall–Kier alpha value is -2.14. The SMILES string of the molecule is O=C1CC[C@]2(CCCO2)CCN1Cc1cncn1Cc1ccccc1. The fraction of sp³-hybridized carbons (Fsp3) is 0.500. The molecular weight excluding hydrogens is 314 g/mol. The molecule has 0 bridgehead atoms. The highest BCUT2D eigenvalue weighted by atomic mass is 16.5. The Bertz CT molecular complexity index is 720. The van der Waals surface area contributed by atoms with E-state index in [0.717, 1.165) is 51.1 Å². The molecular formula is C20H25N3O2. The molecule has 5 heteroatoms. The monoisotopic (exact) mass is 339 g/mol. The van der Waals surface area contributed by atoms with Crippen LogP contribution in [-0.4, -0.2) is 39.1 Å². The van der Waals surface area contributed by atoms with E-state index in [1.54, 1.807) is 0 Å². The van der Waals surface area contributed by atoms with E-state index >= 15 is 0 Å². The summed E-state index contributed by atoms with van der Waals surface area (Å²) >= 11 is 0. The molecule has 132 valence electrons. The number of likely N-dealkylation sites (tertiary alicyclic amines) is 1. The number of carbonyl (C=O) groups excluding carboxylic acids is 1. The lowest BCUT2D eigenvalue weighted by atomic mass is 9.92. The van der Waals surface area contributed by atoms with E-state index in [1.807, 2.05) is 35.6 Å². The topological polar surface area (TPSA) is 47.4 Å². The molecule has 0 unspecified atom stereocenters. The van der Waals surface area contributed by atoms with Crippen LogP contribution < -0.4 is 0 Å². The van der Waals surface area contributed by atoms with Gasteiger partial charge in [0.25, 0.3) is 0 Å². The van der Waals surface area contributed by atoms with Crippen LogP contribution in [0.3, 0.4) is 0 Å². The van der Waals surface area contributed by atoms with Gasteiger partial charge in [0, 0.05) is 32.3 Å². The molecule has 4 rings (SSSR count). The molecule has 3 heterocycles. The van der Waals surface area contributed by atoms with E-state index in [2.05, 4.69) is 21.7 Å². The van der Waals surface area contributed by atoms with Crippen molar-refractivity contribution in [2.24, 2.45) is 0 Å². The summed E-state index contributed by atoms with van der Waals surface area (Å²) in [5, 5.41) is 0. The molecule has 0 aliphatic carbocycles. The first kappa shape index (κ1) is 16.3. The van der Waals surface area contributed by atoms with Crippen LogP contribution in [0.1, 0.15) is 43.4 Å². The molecule has 2 aliphatic heterocycles. The minimum atomic E-state index is -0.0469. The summed E-state index contributed by atoms with van der Waals surface area (Å²) in [5.74, 6) is 0.236. The first-order chi connectivity index (χ1) is 12.2. The number of rotatable bonds is 4. The van der Waals surface area contributed by atoms with Gasteiger partial charge in [0.2, 0.25) is 5.91 Å². The number of benzene rings is 1. The molecule has 25 heavy (non-hydrogen) atoms. The van der Waals surface area contributed by atoms with Gasteiger partial charge in [-0.15, -0.1) is 0 Å². The predicted molar refractivity (Wildman–Crippen MR) is 95.0 cm³/mol. The molecule has 1 aromatic carbocycles. The second-order valence-corrected chi connectivity index (χ2v) is 7.20. The molecule has 2 saturated heterocycles. The lowest BCUT2D eigenvalue weighted by Gasteiger charge is -2.26. The molecule has 0 saturated carbocycles. The number of imidazole rings is 1. The number of amides is 1. The molecule has 1 aromatic heterocycles. The third kappa shape index (κ3) is 3.61. The highest BCUT2D eigenvalue weighted by Crippen LogP contribution is 2.36. The van der Waals surface area contributed by atoms with Gasteiger partial charge in [-0.05, 0) is 31.2 Å². The van der Waals surface area contributed by atoms with Gasteiger partial charge in [-0.25, -0.2) is 4.98 Å². The number of aromatic nitrogens is 2. The van der Waals surface area contributed by atoms with Gasteiger partial charge < -0.3 is 14.2 Å². The van der Waals surface area contributed by atoms with Crippen molar-refractivity contribution in [2.75, 3.05) is 13.2 Å². The van der Waals surface area contributed by atoms with E-state index in [9.17, 15) is 4.79 Å². The van der Waals surface area contributed by atoms with E-state index < -0.39 is 0 Å². The maximum Gasteiger partial charge on any atom is 0.223 e. The molecule has 2 fully saturated rings. The fourth-order valence-corrected chi connectivity index (χ4v) is 4.00. The van der Waals surface area contributed by atoms with Crippen LogP contribution in [0.2, 0.25) is 0 Å². The Labute approximate surface area is 148 Å². The molecule has 5 nitrogen and oxygen atoms in total. The smallest absolute Gasteiger partial charge is 0.223 e. The van der Waals surface area contributed by atoms with Crippen LogP contribution in [0.4, 0.5) is 0 Å². The van der Waals surface area contributed by atoms with E-state index in [-0.39, 0.29) is 11.5 Å². The lowest BCUT2D eigenvalue weighted by Crippen LogP contribution is -2.32. The molecule has 2 aromatic rings. The van der Waals surface area contributed by atoms with Crippen LogP contribution in [0.5, 0.6) is 0 Å². The maximum absolute atomic E-state index is 12.6. The third-order valence-corrected chi connectivity index (χ3v) is 5.52. The highest BCUT2D eigenvalue weighted by molar-refractivity contribution is 5.76. The standard InChI is InChI=1S/C20H25N3O2/c24-19-7-9-20(8-4-12-25-20)10-11-22(19)15-18-13-21-16-23(18)14-17-5-2-1-3-6-17/h1-3,5-6,13,16H,4,7-12,14-15H2/t20-/m1/s1. The Kier molecular flexibility index (Phi) is 4.57. The quantitative estimate of drug-likeness (QED) is 0.860. The number of ether oxygens (including phenoxy) is 1. The van der Waals surface area contributed by atoms with Gasteiger partial charge >= 0.3 is 0 Å². The molecule has 1 atom stereocenters. The third-order valence-electron chi connectivity index (χ3n) is 5.52. The zero-order valence-corrected chi connectivity index (χ0v) is 14.6. The normalized spacial score (nSPS) is 24.0. The molecule has 0 radical (unpaired) electrons. The summed E-state index contributed by atoms with van der Waals surface area (Å²) in [5.41, 5.74) is 2.28. The van der Waals surface area contributed by atoms with Gasteiger partial charge in [0.15, 0.2) is 0 Å². The van der Waals surface area contributed by atoms with Crippen LogP contribution in [0.15, 0.2) is 42.9 Å². The van der Waals surface area contributed by atoms with Crippen molar-refractivity contribution >= 4 is 5.91 Å². The van der Waals surface area contributed by atoms with Gasteiger partial charge in [-0.2, -0.15) is 0 Å². The van der Waals surface area contributed by atoms with Crippen molar-refractivity contribution in [3.63, 3.8) is 0 Å². The van der Waals surface area contributed by atoms with Crippen LogP contribution in [-0.2, 0) is 22.6 Å². The van der Waals surface area contributed by atoms with Crippen LogP contribution >= 0.6 is 0 Å². The average Bonchev–Trinajstić information content (AvgIpc) is 3.24. The van der Waals surface area contributed by atoms with Gasteiger partial charge in [0.05, 0.1) is 24.2 Å². The zero-order valence-electron chi connectivity index (χ0n) is 14.6. The van der Waals surface area contributed by atoms with Gasteiger partial charge in [-0.1, -0.05) is 30.3 Å².